The number of rotatable bonds is 2. The number of aliphatic hydroxyl groups excluding tert-OH is 1. The summed E-state index contributed by atoms with van der Waals surface area (Å²) in [5.41, 5.74) is -0.548. The summed E-state index contributed by atoms with van der Waals surface area (Å²) < 4.78 is 37.3. The normalized spacial score (nSPS) is 12.1. The van der Waals surface area contributed by atoms with E-state index in [2.05, 4.69) is 5.10 Å². The lowest BCUT2D eigenvalue weighted by Crippen LogP contribution is -2.11. The van der Waals surface area contributed by atoms with E-state index in [0.717, 1.165) is 10.7 Å². The molecule has 0 spiro atoms. The first-order chi connectivity index (χ1) is 5.95. The Hall–Kier alpha value is -1.04. The van der Waals surface area contributed by atoms with E-state index in [9.17, 15) is 13.2 Å². The van der Waals surface area contributed by atoms with Crippen molar-refractivity contribution in [3.05, 3.63) is 17.5 Å². The third-order valence-electron chi connectivity index (χ3n) is 1.59. The van der Waals surface area contributed by atoms with Crippen LogP contribution in [0.5, 0.6) is 0 Å². The number of alkyl halides is 3. The minimum Gasteiger partial charge on any atom is -0.396 e. The first-order valence-electron chi connectivity index (χ1n) is 3.66. The zero-order chi connectivity index (χ0) is 10.1. The van der Waals surface area contributed by atoms with Crippen molar-refractivity contribution < 1.29 is 18.3 Å². The summed E-state index contributed by atoms with van der Waals surface area (Å²) in [6, 6.07) is 0.941. The van der Waals surface area contributed by atoms with Crippen LogP contribution in [-0.2, 0) is 19.6 Å². The molecule has 0 saturated heterocycles. The summed E-state index contributed by atoms with van der Waals surface area (Å²) in [6.07, 6.45) is -4.24. The number of aliphatic hydroxyl groups is 1. The molecule has 0 aliphatic heterocycles. The largest absolute Gasteiger partial charge is 0.433 e. The molecule has 1 aromatic rings. The van der Waals surface area contributed by atoms with Crippen LogP contribution in [0, 0.1) is 0 Å². The van der Waals surface area contributed by atoms with Gasteiger partial charge in [0, 0.05) is 20.1 Å². The molecular formula is C7H9F3N2O. The summed E-state index contributed by atoms with van der Waals surface area (Å²) in [4.78, 5) is 0. The van der Waals surface area contributed by atoms with Gasteiger partial charge >= 0.3 is 6.18 Å². The lowest BCUT2D eigenvalue weighted by molar-refractivity contribution is -0.143. The van der Waals surface area contributed by atoms with Crippen LogP contribution in [0.4, 0.5) is 13.2 Å². The van der Waals surface area contributed by atoms with Crippen LogP contribution in [0.3, 0.4) is 0 Å². The molecule has 0 saturated carbocycles. The van der Waals surface area contributed by atoms with Gasteiger partial charge in [0.2, 0.25) is 0 Å². The second kappa shape index (κ2) is 3.37. The molecule has 1 N–H and O–H groups in total. The zero-order valence-electron chi connectivity index (χ0n) is 6.97. The fourth-order valence-electron chi connectivity index (χ4n) is 1.03. The van der Waals surface area contributed by atoms with Crippen molar-refractivity contribution in [3.63, 3.8) is 0 Å². The van der Waals surface area contributed by atoms with Crippen LogP contribution >= 0.6 is 0 Å². The fraction of sp³-hybridized carbons (Fsp3) is 0.571. The van der Waals surface area contributed by atoms with Crippen molar-refractivity contribution in [3.8, 4) is 0 Å². The van der Waals surface area contributed by atoms with Gasteiger partial charge in [-0.25, -0.2) is 0 Å². The summed E-state index contributed by atoms with van der Waals surface area (Å²) >= 11 is 0. The molecule has 1 aromatic heterocycles. The smallest absolute Gasteiger partial charge is 0.396 e. The molecule has 1 rings (SSSR count). The maximum Gasteiger partial charge on any atom is 0.433 e. The van der Waals surface area contributed by atoms with Crippen LogP contribution < -0.4 is 0 Å². The number of hydrogen-bond acceptors (Lipinski definition) is 2. The van der Waals surface area contributed by atoms with Gasteiger partial charge in [-0.05, 0) is 6.07 Å². The zero-order valence-corrected chi connectivity index (χ0v) is 6.97. The van der Waals surface area contributed by atoms with Gasteiger partial charge in [-0.1, -0.05) is 0 Å². The van der Waals surface area contributed by atoms with Gasteiger partial charge in [0.05, 0.1) is 5.69 Å². The molecule has 0 radical (unpaired) electrons. The molecule has 6 heteroatoms. The molecule has 0 aliphatic carbocycles. The van der Waals surface area contributed by atoms with Gasteiger partial charge in [0.15, 0.2) is 0 Å². The van der Waals surface area contributed by atoms with Crippen LogP contribution in [0.15, 0.2) is 6.07 Å². The van der Waals surface area contributed by atoms with E-state index in [1.165, 1.54) is 7.05 Å². The SMILES string of the molecule is Cn1nc(CCO)cc1C(F)(F)F. The van der Waals surface area contributed by atoms with E-state index in [-0.39, 0.29) is 18.7 Å². The summed E-state index contributed by atoms with van der Waals surface area (Å²) in [5.74, 6) is 0. The molecule has 0 bridgehead atoms. The molecule has 74 valence electrons. The first-order valence-corrected chi connectivity index (χ1v) is 3.66. The van der Waals surface area contributed by atoms with Crippen molar-refractivity contribution in [2.24, 2.45) is 7.05 Å². The first kappa shape index (κ1) is 10.0. The second-order valence-electron chi connectivity index (χ2n) is 2.62. The minimum absolute atomic E-state index is 0.143. The minimum atomic E-state index is -4.38. The highest BCUT2D eigenvalue weighted by Crippen LogP contribution is 2.29. The van der Waals surface area contributed by atoms with Crippen LogP contribution in [0.1, 0.15) is 11.4 Å². The molecule has 0 unspecified atom stereocenters. The molecule has 3 nitrogen and oxygen atoms in total. The fourth-order valence-corrected chi connectivity index (χ4v) is 1.03. The summed E-state index contributed by atoms with van der Waals surface area (Å²) in [6.45, 7) is -0.200. The Bertz CT molecular complexity index is 292. The highest BCUT2D eigenvalue weighted by Gasteiger charge is 2.34. The molecule has 1 heterocycles. The van der Waals surface area contributed by atoms with Gasteiger partial charge in [-0.3, -0.25) is 4.68 Å². The van der Waals surface area contributed by atoms with Crippen molar-refractivity contribution in [1.82, 2.24) is 9.78 Å². The van der Waals surface area contributed by atoms with E-state index in [0.29, 0.717) is 0 Å². The molecular weight excluding hydrogens is 185 g/mol. The van der Waals surface area contributed by atoms with Gasteiger partial charge in [0.1, 0.15) is 5.69 Å². The Labute approximate surface area is 72.8 Å². The van der Waals surface area contributed by atoms with E-state index in [1.54, 1.807) is 0 Å². The maximum atomic E-state index is 12.2. The molecule has 0 aliphatic rings. The number of aromatic nitrogens is 2. The van der Waals surface area contributed by atoms with E-state index < -0.39 is 11.9 Å². The Morgan fingerprint density at radius 1 is 1.54 bits per heavy atom. The van der Waals surface area contributed by atoms with Crippen molar-refractivity contribution in [1.29, 1.82) is 0 Å². The van der Waals surface area contributed by atoms with Crippen molar-refractivity contribution >= 4 is 0 Å². The molecule has 13 heavy (non-hydrogen) atoms. The average Bonchev–Trinajstić information content (AvgIpc) is 2.30. The highest BCUT2D eigenvalue weighted by atomic mass is 19.4. The Balaban J connectivity index is 2.96. The molecule has 0 aromatic carbocycles. The van der Waals surface area contributed by atoms with Gasteiger partial charge < -0.3 is 5.11 Å². The lowest BCUT2D eigenvalue weighted by Gasteiger charge is -2.04. The predicted molar refractivity (Wildman–Crippen MR) is 39.0 cm³/mol. The van der Waals surface area contributed by atoms with Crippen molar-refractivity contribution in [2.45, 2.75) is 12.6 Å². The molecule has 0 amide bonds. The van der Waals surface area contributed by atoms with E-state index in [1.807, 2.05) is 0 Å². The third-order valence-corrected chi connectivity index (χ3v) is 1.59. The molecule has 0 fully saturated rings. The predicted octanol–water partition coefficient (Wildman–Crippen LogP) is 0.974. The van der Waals surface area contributed by atoms with Gasteiger partial charge in [0.25, 0.3) is 0 Å². The lowest BCUT2D eigenvalue weighted by atomic mass is 10.3. The van der Waals surface area contributed by atoms with E-state index in [4.69, 9.17) is 5.11 Å². The Morgan fingerprint density at radius 2 is 2.15 bits per heavy atom. The average molecular weight is 194 g/mol. The Morgan fingerprint density at radius 3 is 2.54 bits per heavy atom. The van der Waals surface area contributed by atoms with E-state index >= 15 is 0 Å². The standard InChI is InChI=1S/C7H9F3N2O/c1-12-6(7(8,9)10)4-5(11-12)2-3-13/h4,13H,2-3H2,1H3. The van der Waals surface area contributed by atoms with Gasteiger partial charge in [-0.15, -0.1) is 0 Å². The number of halogens is 3. The maximum absolute atomic E-state index is 12.2. The number of hydrogen-bond donors (Lipinski definition) is 1. The number of aryl methyl sites for hydroxylation is 1. The highest BCUT2D eigenvalue weighted by molar-refractivity contribution is 5.13. The second-order valence-corrected chi connectivity index (χ2v) is 2.62. The third kappa shape index (κ3) is 2.21. The quantitative estimate of drug-likeness (QED) is 0.761. The summed E-state index contributed by atoms with van der Waals surface area (Å²) in [7, 11) is 1.23. The topological polar surface area (TPSA) is 38.0 Å². The van der Waals surface area contributed by atoms with Crippen LogP contribution in [-0.4, -0.2) is 21.5 Å². The van der Waals surface area contributed by atoms with Crippen LogP contribution in [0.2, 0.25) is 0 Å². The molecule has 0 atom stereocenters. The summed E-state index contributed by atoms with van der Waals surface area (Å²) in [5, 5.41) is 12.1. The Kier molecular flexibility index (Phi) is 2.60. The van der Waals surface area contributed by atoms with Crippen LogP contribution in [0.25, 0.3) is 0 Å². The number of nitrogens with zero attached hydrogens (tertiary/aromatic N) is 2. The monoisotopic (exact) mass is 194 g/mol. The van der Waals surface area contributed by atoms with Crippen molar-refractivity contribution in [2.75, 3.05) is 6.61 Å². The van der Waals surface area contributed by atoms with Gasteiger partial charge in [-0.2, -0.15) is 18.3 Å².